The van der Waals surface area contributed by atoms with Gasteiger partial charge in [0.05, 0.1) is 0 Å². The lowest BCUT2D eigenvalue weighted by atomic mass is 9.95. The first-order chi connectivity index (χ1) is 11.1. The minimum absolute atomic E-state index is 0. The van der Waals surface area contributed by atoms with Crippen molar-refractivity contribution in [1.29, 1.82) is 0 Å². The molecule has 0 spiro atoms. The van der Waals surface area contributed by atoms with Crippen molar-refractivity contribution in [2.24, 2.45) is 16.8 Å². The van der Waals surface area contributed by atoms with Crippen molar-refractivity contribution >= 4 is 47.6 Å². The Morgan fingerprint density at radius 2 is 2.04 bits per heavy atom. The largest absolute Gasteiger partial charge is 0.356 e. The first-order valence-electron chi connectivity index (χ1n) is 8.84. The lowest BCUT2D eigenvalue weighted by Gasteiger charge is -2.25. The van der Waals surface area contributed by atoms with Gasteiger partial charge < -0.3 is 15.5 Å². The van der Waals surface area contributed by atoms with Gasteiger partial charge in [0, 0.05) is 26.7 Å². The number of thioether (sulfide) groups is 1. The first kappa shape index (κ1) is 21.9. The van der Waals surface area contributed by atoms with Crippen LogP contribution in [-0.4, -0.2) is 62.0 Å². The molecule has 0 aromatic rings. The molecule has 2 N–H and O–H groups in total. The zero-order chi connectivity index (χ0) is 16.7. The van der Waals surface area contributed by atoms with Crippen LogP contribution in [0.2, 0.25) is 0 Å². The van der Waals surface area contributed by atoms with Crippen molar-refractivity contribution < 1.29 is 4.79 Å². The molecule has 5 nitrogen and oxygen atoms in total. The van der Waals surface area contributed by atoms with Crippen LogP contribution in [0.15, 0.2) is 4.99 Å². The molecule has 0 aromatic heterocycles. The predicted octanol–water partition coefficient (Wildman–Crippen LogP) is 2.56. The molecular formula is C17H33IN4OS. The van der Waals surface area contributed by atoms with Crippen molar-refractivity contribution in [2.45, 2.75) is 44.6 Å². The Morgan fingerprint density at radius 3 is 2.62 bits per heavy atom. The van der Waals surface area contributed by atoms with E-state index in [9.17, 15) is 4.79 Å². The molecule has 2 aliphatic carbocycles. The molecule has 7 heteroatoms. The summed E-state index contributed by atoms with van der Waals surface area (Å²) in [5, 5.41) is 7.01. The summed E-state index contributed by atoms with van der Waals surface area (Å²) in [5.74, 6) is 3.77. The average molecular weight is 468 g/mol. The van der Waals surface area contributed by atoms with Gasteiger partial charge in [0.15, 0.2) is 5.96 Å². The second-order valence-electron chi connectivity index (χ2n) is 7.01. The van der Waals surface area contributed by atoms with Gasteiger partial charge in [-0.05, 0) is 55.9 Å². The monoisotopic (exact) mass is 468 g/mol. The predicted molar refractivity (Wildman–Crippen MR) is 114 cm³/mol. The Bertz CT molecular complexity index is 419. The molecule has 0 aromatic carbocycles. The molecule has 0 saturated heterocycles. The summed E-state index contributed by atoms with van der Waals surface area (Å²) >= 11 is 1.89. The summed E-state index contributed by atoms with van der Waals surface area (Å²) < 4.78 is 0. The number of guanidine groups is 1. The maximum atomic E-state index is 11.8. The normalized spacial score (nSPS) is 25.3. The number of nitrogens with one attached hydrogen (secondary N) is 2. The third-order valence-corrected chi connectivity index (χ3v) is 5.70. The molecule has 0 heterocycles. The van der Waals surface area contributed by atoms with Crippen LogP contribution in [0.25, 0.3) is 0 Å². The lowest BCUT2D eigenvalue weighted by molar-refractivity contribution is -0.127. The fourth-order valence-corrected chi connectivity index (χ4v) is 4.11. The third kappa shape index (κ3) is 6.98. The van der Waals surface area contributed by atoms with E-state index in [1.54, 1.807) is 19.0 Å². The highest BCUT2D eigenvalue weighted by molar-refractivity contribution is 14.0. The highest BCUT2D eigenvalue weighted by Gasteiger charge is 2.39. The Morgan fingerprint density at radius 1 is 1.25 bits per heavy atom. The molecule has 0 radical (unpaired) electrons. The maximum absolute atomic E-state index is 11.8. The van der Waals surface area contributed by atoms with Gasteiger partial charge >= 0.3 is 0 Å². The number of fused-ring (bicyclic) bond motifs is 2. The molecule has 2 aliphatic rings. The van der Waals surface area contributed by atoms with Crippen LogP contribution in [0.1, 0.15) is 38.5 Å². The minimum Gasteiger partial charge on any atom is -0.356 e. The number of halogens is 1. The van der Waals surface area contributed by atoms with Gasteiger partial charge in [-0.25, -0.2) is 4.99 Å². The van der Waals surface area contributed by atoms with Crippen LogP contribution in [0, 0.1) is 11.8 Å². The summed E-state index contributed by atoms with van der Waals surface area (Å²) in [6.07, 6.45) is 9.88. The minimum atomic E-state index is 0. The molecular weight excluding hydrogens is 435 g/mol. The number of rotatable bonds is 8. The van der Waals surface area contributed by atoms with E-state index >= 15 is 0 Å². The van der Waals surface area contributed by atoms with Crippen molar-refractivity contribution in [3.63, 3.8) is 0 Å². The van der Waals surface area contributed by atoms with E-state index in [-0.39, 0.29) is 36.4 Å². The van der Waals surface area contributed by atoms with Crippen LogP contribution in [-0.2, 0) is 4.79 Å². The number of nitrogens with zero attached hydrogens (tertiary/aromatic N) is 2. The topological polar surface area (TPSA) is 56.7 Å². The van der Waals surface area contributed by atoms with Gasteiger partial charge in [-0.3, -0.25) is 4.79 Å². The van der Waals surface area contributed by atoms with Crippen LogP contribution in [0.5, 0.6) is 0 Å². The molecule has 140 valence electrons. The number of likely N-dealkylation sites (N-methyl/N-ethyl adjacent to an activating group) is 1. The van der Waals surface area contributed by atoms with Gasteiger partial charge in [-0.15, -0.1) is 24.0 Å². The third-order valence-electron chi connectivity index (χ3n) is 5.00. The van der Waals surface area contributed by atoms with Crippen molar-refractivity contribution in [3.05, 3.63) is 0 Å². The highest BCUT2D eigenvalue weighted by Crippen LogP contribution is 2.44. The van der Waals surface area contributed by atoms with E-state index in [0.717, 1.165) is 30.8 Å². The average Bonchev–Trinajstić information content (AvgIpc) is 3.14. The summed E-state index contributed by atoms with van der Waals surface area (Å²) in [7, 11) is 3.55. The highest BCUT2D eigenvalue weighted by atomic mass is 127. The fourth-order valence-electron chi connectivity index (χ4n) is 3.62. The molecule has 2 fully saturated rings. The van der Waals surface area contributed by atoms with Gasteiger partial charge in [-0.2, -0.15) is 11.8 Å². The number of unbranched alkanes of at least 4 members (excludes halogenated alkanes) is 1. The van der Waals surface area contributed by atoms with Gasteiger partial charge in [0.1, 0.15) is 6.54 Å². The van der Waals surface area contributed by atoms with E-state index in [1.165, 1.54) is 37.9 Å². The smallest absolute Gasteiger partial charge is 0.243 e. The zero-order valence-corrected chi connectivity index (χ0v) is 18.4. The van der Waals surface area contributed by atoms with Crippen molar-refractivity contribution in [2.75, 3.05) is 39.2 Å². The second-order valence-corrected chi connectivity index (χ2v) is 7.99. The van der Waals surface area contributed by atoms with Crippen LogP contribution >= 0.6 is 35.7 Å². The molecule has 2 bridgehead atoms. The number of aliphatic imine (C=N–C) groups is 1. The SMILES string of the molecule is CSCCCCNC(=NCC(=O)N(C)C)NC1CC2CCC1C2.I. The first-order valence-corrected chi connectivity index (χ1v) is 10.2. The number of carbonyl (C=O) groups is 1. The molecule has 3 unspecified atom stereocenters. The van der Waals surface area contributed by atoms with Crippen molar-refractivity contribution in [3.8, 4) is 0 Å². The van der Waals surface area contributed by atoms with Crippen molar-refractivity contribution in [1.82, 2.24) is 15.5 Å². The standard InChI is InChI=1S/C17H32N4OS.HI/c1-21(2)16(22)12-19-17(18-8-4-5-9-23-3)20-15-11-13-6-7-14(15)10-13;/h13-15H,4-12H2,1-3H3,(H2,18,19,20);1H. The Labute approximate surface area is 168 Å². The van der Waals surface area contributed by atoms with E-state index in [4.69, 9.17) is 0 Å². The molecule has 2 saturated carbocycles. The van der Waals surface area contributed by atoms with Crippen LogP contribution < -0.4 is 10.6 Å². The van der Waals surface area contributed by atoms with Crippen LogP contribution in [0.3, 0.4) is 0 Å². The lowest BCUT2D eigenvalue weighted by Crippen LogP contribution is -2.46. The Balaban J connectivity index is 0.00000288. The maximum Gasteiger partial charge on any atom is 0.243 e. The van der Waals surface area contributed by atoms with E-state index in [1.807, 2.05) is 11.8 Å². The number of hydrogen-bond acceptors (Lipinski definition) is 3. The number of amides is 1. The Hall–Kier alpha value is -0.180. The van der Waals surface area contributed by atoms with Gasteiger partial charge in [0.2, 0.25) is 5.91 Å². The molecule has 24 heavy (non-hydrogen) atoms. The van der Waals surface area contributed by atoms with E-state index in [2.05, 4.69) is 21.9 Å². The van der Waals surface area contributed by atoms with Crippen LogP contribution in [0.4, 0.5) is 0 Å². The molecule has 1 amide bonds. The fraction of sp³-hybridized carbons (Fsp3) is 0.882. The summed E-state index contributed by atoms with van der Waals surface area (Å²) in [6.45, 7) is 1.14. The quantitative estimate of drug-likeness (QED) is 0.249. The summed E-state index contributed by atoms with van der Waals surface area (Å²) in [5.41, 5.74) is 0. The second kappa shape index (κ2) is 11.4. The van der Waals surface area contributed by atoms with E-state index < -0.39 is 0 Å². The van der Waals surface area contributed by atoms with E-state index in [0.29, 0.717) is 6.04 Å². The molecule has 0 aliphatic heterocycles. The summed E-state index contributed by atoms with van der Waals surface area (Å²) in [6, 6.07) is 0.542. The van der Waals surface area contributed by atoms with Gasteiger partial charge in [-0.1, -0.05) is 6.42 Å². The molecule has 3 atom stereocenters. The molecule has 2 rings (SSSR count). The summed E-state index contributed by atoms with van der Waals surface area (Å²) in [4.78, 5) is 17.9. The Kier molecular flexibility index (Phi) is 10.4. The zero-order valence-electron chi connectivity index (χ0n) is 15.2. The van der Waals surface area contributed by atoms with Gasteiger partial charge in [0.25, 0.3) is 0 Å². The number of hydrogen-bond donors (Lipinski definition) is 2. The number of carbonyl (C=O) groups excluding carboxylic acids is 1.